The molecule has 3 N–H and O–H groups in total. The van der Waals surface area contributed by atoms with Gasteiger partial charge < -0.3 is 29.5 Å². The molecule has 23 heavy (non-hydrogen) atoms. The van der Waals surface area contributed by atoms with Crippen LogP contribution < -0.4 is 0 Å². The Morgan fingerprint density at radius 1 is 1.30 bits per heavy atom. The summed E-state index contributed by atoms with van der Waals surface area (Å²) in [7, 11) is 0. The van der Waals surface area contributed by atoms with Crippen LogP contribution in [0.1, 0.15) is 20.8 Å². The van der Waals surface area contributed by atoms with Gasteiger partial charge in [-0.3, -0.25) is 0 Å². The maximum Gasteiger partial charge on any atom is 0.370 e. The van der Waals surface area contributed by atoms with Crippen molar-refractivity contribution in [2.24, 2.45) is 17.8 Å². The van der Waals surface area contributed by atoms with Crippen LogP contribution in [-0.2, 0) is 19.0 Å². The van der Waals surface area contributed by atoms with Gasteiger partial charge in [0.05, 0.1) is 38.1 Å². The van der Waals surface area contributed by atoms with Crippen molar-refractivity contribution in [1.29, 1.82) is 0 Å². The quantitative estimate of drug-likeness (QED) is 0.670. The number of carboxylic acids is 1. The van der Waals surface area contributed by atoms with E-state index in [9.17, 15) is 15.0 Å². The van der Waals surface area contributed by atoms with E-state index in [2.05, 4.69) is 0 Å². The lowest BCUT2D eigenvalue weighted by molar-refractivity contribution is -0.149. The Labute approximate surface area is 135 Å². The van der Waals surface area contributed by atoms with Gasteiger partial charge in [0.15, 0.2) is 0 Å². The maximum absolute atomic E-state index is 11.0. The molecule has 0 aliphatic carbocycles. The third-order valence-electron chi connectivity index (χ3n) is 4.78. The van der Waals surface area contributed by atoms with Gasteiger partial charge in [-0.25, -0.2) is 4.79 Å². The second-order valence-corrected chi connectivity index (χ2v) is 6.55. The molecule has 3 unspecified atom stereocenters. The van der Waals surface area contributed by atoms with Gasteiger partial charge >= 0.3 is 5.97 Å². The van der Waals surface area contributed by atoms with Gasteiger partial charge in [-0.2, -0.15) is 0 Å². The van der Waals surface area contributed by atoms with Gasteiger partial charge in [0, 0.05) is 17.8 Å². The van der Waals surface area contributed by atoms with Crippen LogP contribution in [0, 0.1) is 17.8 Å². The summed E-state index contributed by atoms with van der Waals surface area (Å²) in [6, 6.07) is 0. The van der Waals surface area contributed by atoms with Crippen LogP contribution >= 0.6 is 0 Å². The Bertz CT molecular complexity index is 450. The minimum Gasteiger partial charge on any atom is -0.481 e. The summed E-state index contributed by atoms with van der Waals surface area (Å²) in [5, 5.41) is 29.1. The van der Waals surface area contributed by atoms with Gasteiger partial charge in [0.1, 0.15) is 6.10 Å². The second kappa shape index (κ2) is 7.61. The van der Waals surface area contributed by atoms with E-state index >= 15 is 0 Å². The molecule has 132 valence electrons. The molecule has 1 fully saturated rings. The van der Waals surface area contributed by atoms with Gasteiger partial charge in [-0.05, 0) is 13.0 Å². The molecular formula is C16H26O7. The zero-order valence-electron chi connectivity index (χ0n) is 13.7. The highest BCUT2D eigenvalue weighted by Gasteiger charge is 2.36. The summed E-state index contributed by atoms with van der Waals surface area (Å²) in [5.41, 5.74) is 0. The van der Waals surface area contributed by atoms with Crippen LogP contribution in [0.2, 0.25) is 0 Å². The Morgan fingerprint density at radius 3 is 2.65 bits per heavy atom. The minimum atomic E-state index is -1.21. The number of aliphatic carboxylic acids is 1. The van der Waals surface area contributed by atoms with E-state index in [1.54, 1.807) is 6.92 Å². The lowest BCUT2D eigenvalue weighted by Gasteiger charge is -2.38. The lowest BCUT2D eigenvalue weighted by Crippen LogP contribution is -2.46. The molecule has 0 aromatic heterocycles. The van der Waals surface area contributed by atoms with Crippen molar-refractivity contribution in [1.82, 2.24) is 0 Å². The lowest BCUT2D eigenvalue weighted by atomic mass is 9.87. The van der Waals surface area contributed by atoms with Crippen molar-refractivity contribution in [3.05, 3.63) is 11.8 Å². The summed E-state index contributed by atoms with van der Waals surface area (Å²) < 4.78 is 16.6. The van der Waals surface area contributed by atoms with Crippen molar-refractivity contribution in [2.75, 3.05) is 19.8 Å². The van der Waals surface area contributed by atoms with Gasteiger partial charge in [-0.15, -0.1) is 0 Å². The molecular weight excluding hydrogens is 304 g/mol. The monoisotopic (exact) mass is 330 g/mol. The highest BCUT2D eigenvalue weighted by molar-refractivity contribution is 5.84. The van der Waals surface area contributed by atoms with Crippen LogP contribution in [0.25, 0.3) is 0 Å². The average Bonchev–Trinajstić information content (AvgIpc) is 2.50. The molecule has 2 aliphatic heterocycles. The number of aliphatic hydroxyl groups excluding tert-OH is 2. The van der Waals surface area contributed by atoms with E-state index < -0.39 is 24.3 Å². The second-order valence-electron chi connectivity index (χ2n) is 6.55. The number of hydrogen-bond donors (Lipinski definition) is 3. The third-order valence-corrected chi connectivity index (χ3v) is 4.78. The Hall–Kier alpha value is -1.15. The first-order chi connectivity index (χ1) is 10.8. The van der Waals surface area contributed by atoms with Gasteiger partial charge in [0.25, 0.3) is 0 Å². The number of ether oxygens (including phenoxy) is 3. The summed E-state index contributed by atoms with van der Waals surface area (Å²) in [5.74, 6) is -1.83. The molecule has 0 radical (unpaired) electrons. The molecule has 7 nitrogen and oxygen atoms in total. The molecule has 2 aliphatic rings. The summed E-state index contributed by atoms with van der Waals surface area (Å²) >= 11 is 0. The van der Waals surface area contributed by atoms with E-state index in [0.717, 1.165) is 0 Å². The number of carboxylic acid groups (broad SMARTS) is 1. The molecule has 1 saturated heterocycles. The van der Waals surface area contributed by atoms with Crippen LogP contribution in [0.5, 0.6) is 0 Å². The van der Waals surface area contributed by atoms with Crippen molar-refractivity contribution in [3.63, 3.8) is 0 Å². The van der Waals surface area contributed by atoms with Crippen LogP contribution in [0.15, 0.2) is 11.8 Å². The average molecular weight is 330 g/mol. The summed E-state index contributed by atoms with van der Waals surface area (Å²) in [6.07, 6.45) is -0.831. The summed E-state index contributed by atoms with van der Waals surface area (Å²) in [4.78, 5) is 11.0. The molecule has 0 spiro atoms. The first-order valence-corrected chi connectivity index (χ1v) is 7.98. The molecule has 7 heteroatoms. The minimum absolute atomic E-state index is 0.0491. The SMILES string of the molecule is CC1[C@H](O)C=C(C(=O)O)O[C@H]1COC[C@@H]1C(C)OCC(C)[C@@H]1O. The zero-order valence-corrected chi connectivity index (χ0v) is 13.7. The van der Waals surface area contributed by atoms with E-state index in [-0.39, 0.29) is 36.2 Å². The summed E-state index contributed by atoms with van der Waals surface area (Å²) in [6.45, 7) is 6.57. The Kier molecular flexibility index (Phi) is 6.02. The standard InChI is InChI=1S/C16H26O7/c1-8-5-22-10(3)11(15(8)18)6-21-7-14-9(2)12(17)4-13(23-14)16(19)20/h4,8-12,14-15,17-18H,5-7H2,1-3H3,(H,19,20)/t8?,9?,10?,11-,12-,14+,15+/m1/s1. The van der Waals surface area contributed by atoms with Crippen molar-refractivity contribution >= 4 is 5.97 Å². The highest BCUT2D eigenvalue weighted by Crippen LogP contribution is 2.27. The third kappa shape index (κ3) is 4.23. The molecule has 0 amide bonds. The number of rotatable bonds is 5. The molecule has 7 atom stereocenters. The topological polar surface area (TPSA) is 105 Å². The Morgan fingerprint density at radius 2 is 2.00 bits per heavy atom. The maximum atomic E-state index is 11.0. The van der Waals surface area contributed by atoms with Crippen molar-refractivity contribution in [3.8, 4) is 0 Å². The van der Waals surface area contributed by atoms with Crippen LogP contribution in [-0.4, -0.2) is 65.5 Å². The first kappa shape index (κ1) is 18.2. The highest BCUT2D eigenvalue weighted by atomic mass is 16.6. The Balaban J connectivity index is 1.88. The fraction of sp³-hybridized carbons (Fsp3) is 0.812. The molecule has 0 bridgehead atoms. The predicted octanol–water partition coefficient (Wildman–Crippen LogP) is 0.399. The smallest absolute Gasteiger partial charge is 0.370 e. The largest absolute Gasteiger partial charge is 0.481 e. The van der Waals surface area contributed by atoms with Gasteiger partial charge in [0.2, 0.25) is 5.76 Å². The van der Waals surface area contributed by atoms with Crippen molar-refractivity contribution < 1.29 is 34.3 Å². The molecule has 0 aromatic rings. The van der Waals surface area contributed by atoms with Crippen molar-refractivity contribution in [2.45, 2.75) is 45.2 Å². The predicted molar refractivity (Wildman–Crippen MR) is 80.7 cm³/mol. The molecule has 0 saturated carbocycles. The molecule has 2 heterocycles. The van der Waals surface area contributed by atoms with E-state index in [1.165, 1.54) is 6.08 Å². The first-order valence-electron chi connectivity index (χ1n) is 7.98. The van der Waals surface area contributed by atoms with Crippen LogP contribution in [0.4, 0.5) is 0 Å². The molecule has 2 rings (SSSR count). The normalized spacial score (nSPS) is 41.1. The van der Waals surface area contributed by atoms with E-state index in [1.807, 2.05) is 13.8 Å². The molecule has 0 aromatic carbocycles. The fourth-order valence-corrected chi connectivity index (χ4v) is 2.92. The van der Waals surface area contributed by atoms with Crippen LogP contribution in [0.3, 0.4) is 0 Å². The number of carbonyl (C=O) groups is 1. The van der Waals surface area contributed by atoms with E-state index in [0.29, 0.717) is 13.2 Å². The zero-order chi connectivity index (χ0) is 17.1. The number of aliphatic hydroxyl groups is 2. The van der Waals surface area contributed by atoms with E-state index in [4.69, 9.17) is 19.3 Å². The fourth-order valence-electron chi connectivity index (χ4n) is 2.92. The van der Waals surface area contributed by atoms with Gasteiger partial charge in [-0.1, -0.05) is 13.8 Å². The number of hydrogen-bond acceptors (Lipinski definition) is 6.